The van der Waals surface area contributed by atoms with Crippen LogP contribution in [0.1, 0.15) is 103 Å². The van der Waals surface area contributed by atoms with E-state index in [1.165, 1.54) is 0 Å². The molecule has 0 bridgehead atoms. The first-order chi connectivity index (χ1) is 19.8. The third kappa shape index (κ3) is 9.93. The molecule has 44 heavy (non-hydrogen) atoms. The number of rotatable bonds is 8. The van der Waals surface area contributed by atoms with Gasteiger partial charge in [0.2, 0.25) is 18.3 Å². The van der Waals surface area contributed by atoms with Crippen LogP contribution in [-0.4, -0.2) is 71.0 Å². The van der Waals surface area contributed by atoms with Gasteiger partial charge < -0.3 is 28.4 Å². The summed E-state index contributed by atoms with van der Waals surface area (Å²) in [5, 5.41) is 4.42. The van der Waals surface area contributed by atoms with Crippen molar-refractivity contribution in [2.75, 3.05) is 6.61 Å². The molecule has 5 atom stereocenters. The molecule has 0 aliphatic carbocycles. The summed E-state index contributed by atoms with van der Waals surface area (Å²) in [6, 6.07) is 1.64. The molecule has 1 aliphatic rings. The molecule has 0 spiro atoms. The van der Waals surface area contributed by atoms with Crippen LogP contribution in [-0.2, 0) is 42.9 Å². The lowest BCUT2D eigenvalue weighted by Gasteiger charge is -2.45. The van der Waals surface area contributed by atoms with Crippen molar-refractivity contribution in [3.63, 3.8) is 0 Å². The molecule has 1 fully saturated rings. The number of aromatic nitrogens is 2. The van der Waals surface area contributed by atoms with Crippen molar-refractivity contribution in [3.8, 4) is 5.88 Å². The minimum absolute atomic E-state index is 0.0281. The summed E-state index contributed by atoms with van der Waals surface area (Å²) < 4.78 is 37.6. The Bertz CT molecular complexity index is 1180. The molecule has 2 heterocycles. The highest BCUT2D eigenvalue weighted by atomic mass is 16.7. The average molecular weight is 625 g/mol. The van der Waals surface area contributed by atoms with E-state index in [2.05, 4.69) is 5.10 Å². The Hall–Kier alpha value is -3.15. The van der Waals surface area contributed by atoms with Crippen molar-refractivity contribution in [1.29, 1.82) is 0 Å². The number of ether oxygens (including phenoxy) is 6. The number of carbonyl (C=O) groups is 4. The molecule has 0 N–H and O–H groups in total. The van der Waals surface area contributed by atoms with Gasteiger partial charge in [-0.15, -0.1) is 5.10 Å². The van der Waals surface area contributed by atoms with Gasteiger partial charge in [0.1, 0.15) is 12.7 Å². The fourth-order valence-corrected chi connectivity index (χ4v) is 3.57. The third-order valence-corrected chi connectivity index (χ3v) is 6.50. The van der Waals surface area contributed by atoms with E-state index in [0.717, 1.165) is 0 Å². The van der Waals surface area contributed by atoms with Gasteiger partial charge in [-0.1, -0.05) is 0 Å². The lowest BCUT2D eigenvalue weighted by atomic mass is 9.93. The zero-order chi connectivity index (χ0) is 34.0. The van der Waals surface area contributed by atoms with E-state index in [1.54, 1.807) is 100 Å². The number of esters is 4. The van der Waals surface area contributed by atoms with Crippen LogP contribution in [0.5, 0.6) is 5.88 Å². The van der Waals surface area contributed by atoms with Crippen molar-refractivity contribution in [1.82, 2.24) is 9.78 Å². The first-order valence-electron chi connectivity index (χ1n) is 15.0. The smallest absolute Gasteiger partial charge is 0.311 e. The second-order valence-electron chi connectivity index (χ2n) is 15.6. The maximum Gasteiger partial charge on any atom is 0.311 e. The van der Waals surface area contributed by atoms with E-state index in [0.29, 0.717) is 0 Å². The summed E-state index contributed by atoms with van der Waals surface area (Å²) in [5.41, 5.74) is -3.73. The quantitative estimate of drug-likeness (QED) is 0.284. The van der Waals surface area contributed by atoms with Gasteiger partial charge in [0, 0.05) is 18.3 Å². The minimum Gasteiger partial charge on any atom is -0.462 e. The van der Waals surface area contributed by atoms with Gasteiger partial charge in [0.25, 0.3) is 0 Å². The van der Waals surface area contributed by atoms with Crippen LogP contribution in [0.2, 0.25) is 0 Å². The molecular weight excluding hydrogens is 572 g/mol. The van der Waals surface area contributed by atoms with E-state index in [9.17, 15) is 19.2 Å². The molecule has 0 saturated carbocycles. The molecule has 250 valence electrons. The topological polar surface area (TPSA) is 141 Å². The Morgan fingerprint density at radius 1 is 0.727 bits per heavy atom. The van der Waals surface area contributed by atoms with Crippen molar-refractivity contribution >= 4 is 23.9 Å². The third-order valence-electron chi connectivity index (χ3n) is 6.50. The molecule has 2 rings (SSSR count). The van der Waals surface area contributed by atoms with Crippen LogP contribution in [0, 0.1) is 21.7 Å². The number of hydrogen-bond acceptors (Lipinski definition) is 11. The molecule has 0 aromatic carbocycles. The lowest BCUT2D eigenvalue weighted by Crippen LogP contribution is -2.65. The fourth-order valence-electron chi connectivity index (χ4n) is 3.57. The summed E-state index contributed by atoms with van der Waals surface area (Å²) in [6.07, 6.45) is -4.99. The van der Waals surface area contributed by atoms with Crippen LogP contribution in [0.15, 0.2) is 12.3 Å². The molecule has 1 aromatic heterocycles. The van der Waals surface area contributed by atoms with Crippen LogP contribution >= 0.6 is 0 Å². The van der Waals surface area contributed by atoms with Crippen LogP contribution < -0.4 is 4.74 Å². The van der Waals surface area contributed by atoms with Gasteiger partial charge in [-0.25, -0.2) is 0 Å². The normalized spacial score (nSPS) is 23.1. The molecule has 0 amide bonds. The molecular formula is C32H52N2O10. The van der Waals surface area contributed by atoms with Gasteiger partial charge in [-0.3, -0.25) is 23.9 Å². The average Bonchev–Trinajstić information content (AvgIpc) is 3.32. The van der Waals surface area contributed by atoms with Crippen molar-refractivity contribution < 1.29 is 47.6 Å². The SMILES string of the molecule is CC(C)n1ccc(O[C@@H]2O[C@H](COC(=O)C(C)(C)C)[C@@H](OC(=O)C(C)(C)C)[C@H](OC(=O)C(C)(C)C)[C@H]2OC(=O)C(C)(C)C)n1. The molecule has 12 heteroatoms. The summed E-state index contributed by atoms with van der Waals surface area (Å²) in [6.45, 7) is 23.6. The van der Waals surface area contributed by atoms with Gasteiger partial charge in [-0.2, -0.15) is 0 Å². The second-order valence-corrected chi connectivity index (χ2v) is 15.6. The first kappa shape index (κ1) is 37.0. The number of hydrogen-bond donors (Lipinski definition) is 0. The van der Waals surface area contributed by atoms with Crippen LogP contribution in [0.25, 0.3) is 0 Å². The molecule has 0 unspecified atom stereocenters. The molecule has 12 nitrogen and oxygen atoms in total. The van der Waals surface area contributed by atoms with Gasteiger partial charge in [-0.05, 0) is 96.9 Å². The number of carbonyl (C=O) groups excluding carboxylic acids is 4. The predicted molar refractivity (Wildman–Crippen MR) is 160 cm³/mol. The van der Waals surface area contributed by atoms with E-state index in [1.807, 2.05) is 13.8 Å². The summed E-state index contributed by atoms with van der Waals surface area (Å²) in [7, 11) is 0. The molecule has 1 aromatic rings. The molecule has 1 saturated heterocycles. The van der Waals surface area contributed by atoms with E-state index >= 15 is 0 Å². The molecule has 0 radical (unpaired) electrons. The van der Waals surface area contributed by atoms with Gasteiger partial charge in [0.05, 0.1) is 21.7 Å². The number of nitrogens with zero attached hydrogens (tertiary/aromatic N) is 2. The second kappa shape index (κ2) is 13.5. The van der Waals surface area contributed by atoms with Gasteiger partial charge >= 0.3 is 23.9 Å². The zero-order valence-electron chi connectivity index (χ0n) is 28.8. The monoisotopic (exact) mass is 624 g/mol. The Labute approximate surface area is 261 Å². The Morgan fingerprint density at radius 3 is 1.57 bits per heavy atom. The first-order valence-corrected chi connectivity index (χ1v) is 15.0. The van der Waals surface area contributed by atoms with Crippen LogP contribution in [0.4, 0.5) is 0 Å². The minimum atomic E-state index is -1.40. The summed E-state index contributed by atoms with van der Waals surface area (Å²) >= 11 is 0. The van der Waals surface area contributed by atoms with E-state index in [4.69, 9.17) is 28.4 Å². The maximum absolute atomic E-state index is 13.4. The lowest BCUT2D eigenvalue weighted by molar-refractivity contribution is -0.294. The predicted octanol–water partition coefficient (Wildman–Crippen LogP) is 5.03. The highest BCUT2D eigenvalue weighted by Crippen LogP contribution is 2.35. The van der Waals surface area contributed by atoms with E-state index in [-0.39, 0.29) is 18.5 Å². The fraction of sp³-hybridized carbons (Fsp3) is 0.781. The summed E-state index contributed by atoms with van der Waals surface area (Å²) in [4.78, 5) is 52.6. The van der Waals surface area contributed by atoms with Gasteiger partial charge in [0.15, 0.2) is 12.2 Å². The molecule has 1 aliphatic heterocycles. The standard InChI is InChI=1S/C32H52N2O10/c1-18(2)34-16-15-20(33-34)41-24-23(44-28(38)32(12,13)14)22(43-27(37)31(9,10)11)21(42-26(36)30(6,7)8)19(40-24)17-39-25(35)29(3,4)5/h15-16,18-19,21-24H,17H2,1-14H3/t19-,21-,22+,23-,24+/m1/s1. The Morgan fingerprint density at radius 2 is 1.16 bits per heavy atom. The highest BCUT2D eigenvalue weighted by molar-refractivity contribution is 5.78. The van der Waals surface area contributed by atoms with Crippen molar-refractivity contribution in [3.05, 3.63) is 12.3 Å². The Kier molecular flexibility index (Phi) is 11.3. The Balaban J connectivity index is 2.70. The largest absolute Gasteiger partial charge is 0.462 e. The van der Waals surface area contributed by atoms with Crippen LogP contribution in [0.3, 0.4) is 0 Å². The maximum atomic E-state index is 13.4. The summed E-state index contributed by atoms with van der Waals surface area (Å²) in [5.74, 6) is -2.29. The van der Waals surface area contributed by atoms with E-state index < -0.39 is 76.2 Å². The van der Waals surface area contributed by atoms with Crippen molar-refractivity contribution in [2.45, 2.75) is 134 Å². The van der Waals surface area contributed by atoms with Crippen molar-refractivity contribution in [2.24, 2.45) is 21.7 Å². The zero-order valence-corrected chi connectivity index (χ0v) is 28.8. The highest BCUT2D eigenvalue weighted by Gasteiger charge is 2.55.